The van der Waals surface area contributed by atoms with Gasteiger partial charge in [0, 0.05) is 29.8 Å². The molecular weight excluding hydrogens is 264 g/mol. The summed E-state index contributed by atoms with van der Waals surface area (Å²) in [5.74, 6) is -0.891. The van der Waals surface area contributed by atoms with Crippen LogP contribution in [0, 0.1) is 18.6 Å². The van der Waals surface area contributed by atoms with E-state index in [1.165, 1.54) is 0 Å². The van der Waals surface area contributed by atoms with Gasteiger partial charge in [-0.15, -0.1) is 0 Å². The molecule has 0 saturated carbocycles. The first-order valence-electron chi connectivity index (χ1n) is 6.14. The molecule has 0 aliphatic rings. The van der Waals surface area contributed by atoms with Crippen LogP contribution in [-0.2, 0) is 0 Å². The molecule has 0 aliphatic carbocycles. The lowest BCUT2D eigenvalue weighted by molar-refractivity contribution is 0.418. The van der Waals surface area contributed by atoms with Crippen molar-refractivity contribution < 1.29 is 13.5 Å². The first-order valence-corrected chi connectivity index (χ1v) is 6.14. The highest BCUT2D eigenvalue weighted by atomic mass is 19.1. The number of anilines is 1. The van der Waals surface area contributed by atoms with E-state index in [1.807, 2.05) is 13.8 Å². The predicted octanol–water partition coefficient (Wildman–Crippen LogP) is 3.56. The first-order chi connectivity index (χ1) is 9.36. The molecule has 1 aromatic heterocycles. The molecule has 0 atom stereocenters. The van der Waals surface area contributed by atoms with E-state index in [9.17, 15) is 8.78 Å². The highest BCUT2D eigenvalue weighted by Crippen LogP contribution is 2.27. The zero-order valence-electron chi connectivity index (χ0n) is 11.4. The number of nitrogens with two attached hydrogens (primary N) is 1. The van der Waals surface area contributed by atoms with E-state index >= 15 is 0 Å². The molecule has 0 spiro atoms. The smallest absolute Gasteiger partial charge is 0.222 e. The number of nitrogen functional groups attached to an aromatic ring is 1. The van der Waals surface area contributed by atoms with E-state index in [2.05, 4.69) is 9.97 Å². The Morgan fingerprint density at radius 3 is 2.45 bits per heavy atom. The minimum Gasteiger partial charge on any atom is -0.436 e. The molecule has 0 radical (unpaired) electrons. The van der Waals surface area contributed by atoms with E-state index in [0.717, 1.165) is 12.1 Å². The normalized spacial score (nSPS) is 10.9. The molecule has 1 aromatic carbocycles. The fourth-order valence-corrected chi connectivity index (χ4v) is 1.61. The molecule has 0 aliphatic heterocycles. The van der Waals surface area contributed by atoms with Gasteiger partial charge in [0.15, 0.2) is 11.6 Å². The second-order valence-corrected chi connectivity index (χ2v) is 4.77. The fourth-order valence-electron chi connectivity index (χ4n) is 1.61. The van der Waals surface area contributed by atoms with E-state index in [0.29, 0.717) is 11.5 Å². The van der Waals surface area contributed by atoms with Gasteiger partial charge in [0.05, 0.1) is 5.69 Å². The Labute approximate surface area is 115 Å². The van der Waals surface area contributed by atoms with Crippen molar-refractivity contribution in [1.82, 2.24) is 9.97 Å². The topological polar surface area (TPSA) is 61.0 Å². The molecule has 4 nitrogen and oxygen atoms in total. The summed E-state index contributed by atoms with van der Waals surface area (Å²) < 4.78 is 32.3. The molecule has 0 bridgehead atoms. The standard InChI is InChI=1S/C14H15F2N3O/c1-7(2)14-18-8(3)4-13(19-14)20-12-6-9(15)11(17)5-10(12)16/h4-7H,17H2,1-3H3. The maximum atomic E-state index is 13.7. The number of aromatic nitrogens is 2. The second kappa shape index (κ2) is 5.40. The van der Waals surface area contributed by atoms with Crippen molar-refractivity contribution in [2.75, 3.05) is 5.73 Å². The molecule has 1 heterocycles. The van der Waals surface area contributed by atoms with Crippen molar-refractivity contribution in [3.63, 3.8) is 0 Å². The summed E-state index contributed by atoms with van der Waals surface area (Å²) in [7, 11) is 0. The number of hydrogen-bond donors (Lipinski definition) is 1. The van der Waals surface area contributed by atoms with Gasteiger partial charge in [-0.05, 0) is 6.92 Å². The SMILES string of the molecule is Cc1cc(Oc2cc(F)c(N)cc2F)nc(C(C)C)n1. The Balaban J connectivity index is 2.37. The molecule has 0 unspecified atom stereocenters. The van der Waals surface area contributed by atoms with Crippen molar-refractivity contribution in [2.45, 2.75) is 26.7 Å². The predicted molar refractivity (Wildman–Crippen MR) is 71.7 cm³/mol. The van der Waals surface area contributed by atoms with Crippen LogP contribution in [0.4, 0.5) is 14.5 Å². The molecule has 6 heteroatoms. The maximum Gasteiger partial charge on any atom is 0.222 e. The average molecular weight is 279 g/mol. The summed E-state index contributed by atoms with van der Waals surface area (Å²) in [5.41, 5.74) is 5.70. The molecule has 2 aromatic rings. The van der Waals surface area contributed by atoms with Gasteiger partial charge in [0.1, 0.15) is 11.6 Å². The van der Waals surface area contributed by atoms with Crippen LogP contribution in [0.2, 0.25) is 0 Å². The van der Waals surface area contributed by atoms with Crippen LogP contribution in [0.3, 0.4) is 0 Å². The Morgan fingerprint density at radius 1 is 1.10 bits per heavy atom. The molecule has 2 rings (SSSR count). The summed E-state index contributed by atoms with van der Waals surface area (Å²) in [5, 5.41) is 0. The number of halogens is 2. The van der Waals surface area contributed by atoms with Crippen molar-refractivity contribution in [1.29, 1.82) is 0 Å². The van der Waals surface area contributed by atoms with Gasteiger partial charge in [-0.1, -0.05) is 13.8 Å². The maximum absolute atomic E-state index is 13.7. The zero-order chi connectivity index (χ0) is 14.9. The van der Waals surface area contributed by atoms with Crippen LogP contribution in [0.1, 0.15) is 31.3 Å². The molecule has 2 N–H and O–H groups in total. The average Bonchev–Trinajstić information content (AvgIpc) is 2.35. The Hall–Kier alpha value is -2.24. The number of ether oxygens (including phenoxy) is 1. The van der Waals surface area contributed by atoms with E-state index in [4.69, 9.17) is 10.5 Å². The van der Waals surface area contributed by atoms with Gasteiger partial charge >= 0.3 is 0 Å². The molecule has 0 fully saturated rings. The monoisotopic (exact) mass is 279 g/mol. The van der Waals surface area contributed by atoms with Gasteiger partial charge in [0.2, 0.25) is 5.88 Å². The largest absolute Gasteiger partial charge is 0.436 e. The minimum atomic E-state index is -0.744. The van der Waals surface area contributed by atoms with E-state index < -0.39 is 11.6 Å². The third-order valence-corrected chi connectivity index (χ3v) is 2.63. The van der Waals surface area contributed by atoms with Gasteiger partial charge < -0.3 is 10.5 Å². The summed E-state index contributed by atoms with van der Waals surface area (Å²) in [6, 6.07) is 3.33. The Kier molecular flexibility index (Phi) is 3.83. The van der Waals surface area contributed by atoms with Crippen molar-refractivity contribution in [2.24, 2.45) is 0 Å². The van der Waals surface area contributed by atoms with E-state index in [-0.39, 0.29) is 23.2 Å². The third-order valence-electron chi connectivity index (χ3n) is 2.63. The van der Waals surface area contributed by atoms with Crippen molar-refractivity contribution >= 4 is 5.69 Å². The van der Waals surface area contributed by atoms with Crippen LogP contribution in [-0.4, -0.2) is 9.97 Å². The lowest BCUT2D eigenvalue weighted by Gasteiger charge is -2.10. The van der Waals surface area contributed by atoms with Gasteiger partial charge in [0.25, 0.3) is 0 Å². The number of nitrogens with zero attached hydrogens (tertiary/aromatic N) is 2. The summed E-state index contributed by atoms with van der Waals surface area (Å²) >= 11 is 0. The summed E-state index contributed by atoms with van der Waals surface area (Å²) in [4.78, 5) is 8.42. The first kappa shape index (κ1) is 14.2. The van der Waals surface area contributed by atoms with Crippen LogP contribution < -0.4 is 10.5 Å². The molecule has 20 heavy (non-hydrogen) atoms. The number of hydrogen-bond acceptors (Lipinski definition) is 4. The number of benzene rings is 1. The van der Waals surface area contributed by atoms with Crippen LogP contribution in [0.25, 0.3) is 0 Å². The highest BCUT2D eigenvalue weighted by Gasteiger charge is 2.13. The van der Waals surface area contributed by atoms with Gasteiger partial charge in [-0.25, -0.2) is 13.8 Å². The number of aryl methyl sites for hydroxylation is 1. The lowest BCUT2D eigenvalue weighted by Crippen LogP contribution is -2.02. The minimum absolute atomic E-state index is 0.102. The second-order valence-electron chi connectivity index (χ2n) is 4.77. The van der Waals surface area contributed by atoms with Crippen molar-refractivity contribution in [3.05, 3.63) is 41.4 Å². The third kappa shape index (κ3) is 3.01. The van der Waals surface area contributed by atoms with Crippen molar-refractivity contribution in [3.8, 4) is 11.6 Å². The fraction of sp³-hybridized carbons (Fsp3) is 0.286. The molecule has 0 amide bonds. The van der Waals surface area contributed by atoms with Gasteiger partial charge in [-0.2, -0.15) is 4.98 Å². The Morgan fingerprint density at radius 2 is 1.80 bits per heavy atom. The summed E-state index contributed by atoms with van der Waals surface area (Å²) in [6.07, 6.45) is 0. The zero-order valence-corrected chi connectivity index (χ0v) is 11.4. The van der Waals surface area contributed by atoms with E-state index in [1.54, 1.807) is 13.0 Å². The quantitative estimate of drug-likeness (QED) is 0.873. The van der Waals surface area contributed by atoms with Gasteiger partial charge in [-0.3, -0.25) is 0 Å². The molecular formula is C14H15F2N3O. The highest BCUT2D eigenvalue weighted by molar-refractivity contribution is 5.45. The van der Waals surface area contributed by atoms with Crippen LogP contribution >= 0.6 is 0 Å². The van der Waals surface area contributed by atoms with Crippen LogP contribution in [0.15, 0.2) is 18.2 Å². The lowest BCUT2D eigenvalue weighted by atomic mass is 10.2. The Bertz CT molecular complexity index is 645. The van der Waals surface area contributed by atoms with Crippen LogP contribution in [0.5, 0.6) is 11.6 Å². The molecule has 0 saturated heterocycles. The molecule has 106 valence electrons. The number of rotatable bonds is 3. The summed E-state index contributed by atoms with van der Waals surface area (Å²) in [6.45, 7) is 5.64.